The van der Waals surface area contributed by atoms with Crippen LogP contribution in [0.15, 0.2) is 23.3 Å². The Hall–Kier alpha value is -2.97. The van der Waals surface area contributed by atoms with Gasteiger partial charge in [-0.2, -0.15) is 9.50 Å². The van der Waals surface area contributed by atoms with Crippen LogP contribution in [-0.4, -0.2) is 41.6 Å². The van der Waals surface area contributed by atoms with Crippen LogP contribution in [0.5, 0.6) is 0 Å². The maximum atomic E-state index is 12.1. The number of aromatic nitrogens is 6. The molecule has 0 spiro atoms. The molecule has 0 saturated heterocycles. The van der Waals surface area contributed by atoms with E-state index >= 15 is 0 Å². The molecule has 9 heteroatoms. The largest absolute Gasteiger partial charge is 0.356 e. The van der Waals surface area contributed by atoms with Gasteiger partial charge in [-0.3, -0.25) is 14.7 Å². The number of imidazole rings is 1. The number of amides is 1. The number of fused-ring (bicyclic) bond motifs is 1. The summed E-state index contributed by atoms with van der Waals surface area (Å²) in [6.07, 6.45) is 4.64. The Morgan fingerprint density at radius 3 is 2.92 bits per heavy atom. The summed E-state index contributed by atoms with van der Waals surface area (Å²) < 4.78 is 3.35. The molecular weight excluding hydrogens is 334 g/mol. The van der Waals surface area contributed by atoms with E-state index in [1.807, 2.05) is 6.20 Å². The minimum absolute atomic E-state index is 0.0736. The van der Waals surface area contributed by atoms with E-state index in [2.05, 4.69) is 43.8 Å². The lowest BCUT2D eigenvalue weighted by Crippen LogP contribution is -2.27. The number of aromatic amines is 1. The Kier molecular flexibility index (Phi) is 5.15. The summed E-state index contributed by atoms with van der Waals surface area (Å²) in [4.78, 5) is 36.6. The van der Waals surface area contributed by atoms with E-state index in [0.29, 0.717) is 24.0 Å². The van der Waals surface area contributed by atoms with Crippen LogP contribution in [0, 0.1) is 6.92 Å². The molecule has 0 fully saturated rings. The van der Waals surface area contributed by atoms with Crippen molar-refractivity contribution in [3.05, 3.63) is 46.2 Å². The van der Waals surface area contributed by atoms with Gasteiger partial charge < -0.3 is 9.88 Å². The van der Waals surface area contributed by atoms with Crippen molar-refractivity contribution in [1.29, 1.82) is 0 Å². The molecule has 0 aliphatic carbocycles. The molecule has 3 aromatic rings. The summed E-state index contributed by atoms with van der Waals surface area (Å²) in [7, 11) is 0. The van der Waals surface area contributed by atoms with Crippen LogP contribution < -0.4 is 10.9 Å². The number of nitrogens with zero attached hydrogens (tertiary/aromatic N) is 5. The first kappa shape index (κ1) is 17.8. The Labute approximate surface area is 150 Å². The number of hydrogen-bond donors (Lipinski definition) is 2. The Morgan fingerprint density at radius 1 is 1.35 bits per heavy atom. The van der Waals surface area contributed by atoms with Gasteiger partial charge in [0.25, 0.3) is 11.3 Å². The Bertz CT molecular complexity index is 967. The second-order valence-corrected chi connectivity index (χ2v) is 6.56. The van der Waals surface area contributed by atoms with Gasteiger partial charge in [0.1, 0.15) is 11.6 Å². The van der Waals surface area contributed by atoms with Crippen molar-refractivity contribution >= 4 is 11.7 Å². The smallest absolute Gasteiger partial charge is 0.274 e. The fraction of sp³-hybridized carbons (Fsp3) is 0.471. The molecule has 0 saturated carbocycles. The van der Waals surface area contributed by atoms with Gasteiger partial charge in [0.15, 0.2) is 0 Å². The molecular formula is C17H23N7O2. The molecule has 0 aromatic carbocycles. The van der Waals surface area contributed by atoms with Crippen LogP contribution in [0.1, 0.15) is 43.5 Å². The lowest BCUT2D eigenvalue weighted by atomic mass is 10.2. The molecule has 0 atom stereocenters. The first-order valence-electron chi connectivity index (χ1n) is 8.67. The highest BCUT2D eigenvalue weighted by Crippen LogP contribution is 2.11. The summed E-state index contributed by atoms with van der Waals surface area (Å²) in [5.74, 6) is 1.96. The summed E-state index contributed by atoms with van der Waals surface area (Å²) >= 11 is 0. The summed E-state index contributed by atoms with van der Waals surface area (Å²) in [6.45, 7) is 7.31. The fourth-order valence-electron chi connectivity index (χ4n) is 2.82. The standard InChI is InChI=1S/C17H23N7O2/c1-11(2)16-19-6-8-23(16)7-4-5-18-14(25)10-13-21-17-20-12(3)9-15(26)24(17)22-13/h6,8-9,11H,4-5,7,10H2,1-3H3,(H,18,25)(H,20,21,22). The molecule has 0 bridgehead atoms. The molecule has 26 heavy (non-hydrogen) atoms. The van der Waals surface area contributed by atoms with E-state index in [1.165, 1.54) is 10.6 Å². The van der Waals surface area contributed by atoms with Crippen LogP contribution in [0.2, 0.25) is 0 Å². The molecule has 138 valence electrons. The molecule has 3 aromatic heterocycles. The van der Waals surface area contributed by atoms with Crippen molar-refractivity contribution in [2.75, 3.05) is 6.54 Å². The molecule has 0 unspecified atom stereocenters. The zero-order valence-corrected chi connectivity index (χ0v) is 15.2. The predicted octanol–water partition coefficient (Wildman–Crippen LogP) is 0.795. The second-order valence-electron chi connectivity index (χ2n) is 6.56. The highest BCUT2D eigenvalue weighted by Gasteiger charge is 2.11. The highest BCUT2D eigenvalue weighted by atomic mass is 16.1. The van der Waals surface area contributed by atoms with E-state index in [-0.39, 0.29) is 23.7 Å². The quantitative estimate of drug-likeness (QED) is 0.608. The molecule has 0 aliphatic heterocycles. The second kappa shape index (κ2) is 7.51. The minimum Gasteiger partial charge on any atom is -0.356 e. The average molecular weight is 357 g/mol. The molecule has 9 nitrogen and oxygen atoms in total. The number of hydrogen-bond acceptors (Lipinski definition) is 5. The van der Waals surface area contributed by atoms with Crippen molar-refractivity contribution in [3.63, 3.8) is 0 Å². The number of carbonyl (C=O) groups excluding carboxylic acids is 1. The van der Waals surface area contributed by atoms with Crippen molar-refractivity contribution < 1.29 is 4.79 Å². The van der Waals surface area contributed by atoms with E-state index in [1.54, 1.807) is 13.1 Å². The summed E-state index contributed by atoms with van der Waals surface area (Å²) in [5, 5.41) is 5.68. The summed E-state index contributed by atoms with van der Waals surface area (Å²) in [6, 6.07) is 1.41. The predicted molar refractivity (Wildman–Crippen MR) is 96.0 cm³/mol. The first-order chi connectivity index (χ1) is 12.4. The number of H-pyrrole nitrogens is 1. The topological polar surface area (TPSA) is 110 Å². The third-order valence-corrected chi connectivity index (χ3v) is 3.99. The number of rotatable bonds is 7. The zero-order chi connectivity index (χ0) is 18.7. The lowest BCUT2D eigenvalue weighted by molar-refractivity contribution is -0.120. The zero-order valence-electron chi connectivity index (χ0n) is 15.2. The maximum Gasteiger partial charge on any atom is 0.274 e. The van der Waals surface area contributed by atoms with Gasteiger partial charge in [-0.05, 0) is 13.3 Å². The molecule has 1 amide bonds. The van der Waals surface area contributed by atoms with Crippen molar-refractivity contribution in [1.82, 2.24) is 34.4 Å². The van der Waals surface area contributed by atoms with Gasteiger partial charge in [-0.1, -0.05) is 13.8 Å². The van der Waals surface area contributed by atoms with Gasteiger partial charge in [0, 0.05) is 43.2 Å². The molecule has 2 N–H and O–H groups in total. The molecule has 3 rings (SSSR count). The lowest BCUT2D eigenvalue weighted by Gasteiger charge is -2.10. The minimum atomic E-state index is -0.243. The molecule has 3 heterocycles. The van der Waals surface area contributed by atoms with Crippen molar-refractivity contribution in [2.45, 2.75) is 46.1 Å². The summed E-state index contributed by atoms with van der Waals surface area (Å²) in [5.41, 5.74) is 0.353. The van der Waals surface area contributed by atoms with E-state index in [4.69, 9.17) is 0 Å². The van der Waals surface area contributed by atoms with Gasteiger partial charge >= 0.3 is 0 Å². The number of aryl methyl sites for hydroxylation is 2. The highest BCUT2D eigenvalue weighted by molar-refractivity contribution is 5.77. The van der Waals surface area contributed by atoms with Gasteiger partial charge in [0.2, 0.25) is 5.91 Å². The number of nitrogens with one attached hydrogen (secondary N) is 2. The number of carbonyl (C=O) groups is 1. The monoisotopic (exact) mass is 357 g/mol. The third-order valence-electron chi connectivity index (χ3n) is 3.99. The Morgan fingerprint density at radius 2 is 2.15 bits per heavy atom. The Balaban J connectivity index is 1.51. The fourth-order valence-corrected chi connectivity index (χ4v) is 2.82. The van der Waals surface area contributed by atoms with Crippen LogP contribution in [0.3, 0.4) is 0 Å². The maximum absolute atomic E-state index is 12.1. The van der Waals surface area contributed by atoms with E-state index < -0.39 is 0 Å². The molecule has 0 aliphatic rings. The van der Waals surface area contributed by atoms with Crippen molar-refractivity contribution in [2.24, 2.45) is 0 Å². The SMILES string of the molecule is Cc1cc(=O)n2[nH]c(CC(=O)NCCCn3ccnc3C(C)C)nc2n1. The van der Waals surface area contributed by atoms with Gasteiger partial charge in [0.05, 0.1) is 6.42 Å². The third kappa shape index (κ3) is 3.98. The van der Waals surface area contributed by atoms with Crippen LogP contribution >= 0.6 is 0 Å². The van der Waals surface area contributed by atoms with E-state index in [9.17, 15) is 9.59 Å². The molecule has 0 radical (unpaired) electrons. The van der Waals surface area contributed by atoms with Gasteiger partial charge in [-0.15, -0.1) is 0 Å². The van der Waals surface area contributed by atoms with E-state index in [0.717, 1.165) is 18.8 Å². The van der Waals surface area contributed by atoms with Crippen LogP contribution in [0.4, 0.5) is 0 Å². The average Bonchev–Trinajstić information content (AvgIpc) is 3.18. The van der Waals surface area contributed by atoms with Crippen LogP contribution in [0.25, 0.3) is 5.78 Å². The normalized spacial score (nSPS) is 11.4. The van der Waals surface area contributed by atoms with Crippen LogP contribution in [-0.2, 0) is 17.8 Å². The van der Waals surface area contributed by atoms with Gasteiger partial charge in [-0.25, -0.2) is 9.97 Å². The first-order valence-corrected chi connectivity index (χ1v) is 8.67. The van der Waals surface area contributed by atoms with Crippen molar-refractivity contribution in [3.8, 4) is 0 Å².